The van der Waals surface area contributed by atoms with Gasteiger partial charge in [0.1, 0.15) is 0 Å². The van der Waals surface area contributed by atoms with Gasteiger partial charge in [-0.2, -0.15) is 0 Å². The standard InChI is InChI=1S/C25H33N3O3S/c1-20-7-5-6-10-24(20)26-32(30,31)23-13-11-22(12-14-23)25(29)28-17-15-27(16-18-28)19-21-8-3-2-4-9-21/h5-7,10-14,21,26H,2-4,8-9,15-19H2,1H3. The molecule has 1 aliphatic carbocycles. The van der Waals surface area contributed by atoms with E-state index in [-0.39, 0.29) is 10.8 Å². The maximum Gasteiger partial charge on any atom is 0.261 e. The van der Waals surface area contributed by atoms with Crippen molar-refractivity contribution in [2.75, 3.05) is 37.4 Å². The number of amides is 1. The van der Waals surface area contributed by atoms with Gasteiger partial charge < -0.3 is 4.90 Å². The number of piperazine rings is 1. The molecule has 172 valence electrons. The number of sulfonamides is 1. The van der Waals surface area contributed by atoms with E-state index in [1.807, 2.05) is 24.0 Å². The minimum Gasteiger partial charge on any atom is -0.336 e. The van der Waals surface area contributed by atoms with E-state index in [0.29, 0.717) is 11.3 Å². The predicted octanol–water partition coefficient (Wildman–Crippen LogP) is 4.13. The van der Waals surface area contributed by atoms with Crippen LogP contribution in [0.25, 0.3) is 0 Å². The van der Waals surface area contributed by atoms with Crippen LogP contribution in [0.5, 0.6) is 0 Å². The van der Waals surface area contributed by atoms with Gasteiger partial charge in [-0.15, -0.1) is 0 Å². The van der Waals surface area contributed by atoms with Gasteiger partial charge in [0.05, 0.1) is 10.6 Å². The summed E-state index contributed by atoms with van der Waals surface area (Å²) in [5.74, 6) is 0.784. The molecule has 4 rings (SSSR count). The molecule has 1 saturated carbocycles. The fourth-order valence-electron chi connectivity index (χ4n) is 4.72. The monoisotopic (exact) mass is 455 g/mol. The van der Waals surface area contributed by atoms with Crippen molar-refractivity contribution in [2.45, 2.75) is 43.9 Å². The molecule has 0 atom stereocenters. The van der Waals surface area contributed by atoms with Gasteiger partial charge in [-0.25, -0.2) is 8.42 Å². The molecule has 2 aromatic carbocycles. The van der Waals surface area contributed by atoms with E-state index >= 15 is 0 Å². The highest BCUT2D eigenvalue weighted by atomic mass is 32.2. The summed E-state index contributed by atoms with van der Waals surface area (Å²) in [4.78, 5) is 17.5. The lowest BCUT2D eigenvalue weighted by Gasteiger charge is -2.37. The summed E-state index contributed by atoms with van der Waals surface area (Å²) < 4.78 is 28.1. The van der Waals surface area contributed by atoms with Crippen LogP contribution in [-0.2, 0) is 10.0 Å². The Labute approximate surface area is 191 Å². The zero-order valence-electron chi connectivity index (χ0n) is 18.8. The number of carbonyl (C=O) groups excluding carboxylic acids is 1. The zero-order chi connectivity index (χ0) is 22.6. The molecule has 1 aliphatic heterocycles. The summed E-state index contributed by atoms with van der Waals surface area (Å²) in [6, 6.07) is 13.5. The van der Waals surface area contributed by atoms with E-state index in [2.05, 4.69) is 9.62 Å². The lowest BCUT2D eigenvalue weighted by Crippen LogP contribution is -2.49. The van der Waals surface area contributed by atoms with Crippen molar-refractivity contribution in [1.29, 1.82) is 0 Å². The highest BCUT2D eigenvalue weighted by Crippen LogP contribution is 2.25. The van der Waals surface area contributed by atoms with Crippen LogP contribution in [0.2, 0.25) is 0 Å². The predicted molar refractivity (Wildman–Crippen MR) is 127 cm³/mol. The van der Waals surface area contributed by atoms with Crippen molar-refractivity contribution in [3.05, 3.63) is 59.7 Å². The van der Waals surface area contributed by atoms with Crippen LogP contribution in [0.4, 0.5) is 5.69 Å². The molecule has 0 bridgehead atoms. The summed E-state index contributed by atoms with van der Waals surface area (Å²) >= 11 is 0. The second-order valence-corrected chi connectivity index (χ2v) is 10.7. The van der Waals surface area contributed by atoms with Crippen LogP contribution < -0.4 is 4.72 Å². The van der Waals surface area contributed by atoms with Crippen molar-refractivity contribution in [3.8, 4) is 0 Å². The van der Waals surface area contributed by atoms with Crippen molar-refractivity contribution in [2.24, 2.45) is 5.92 Å². The van der Waals surface area contributed by atoms with Crippen molar-refractivity contribution >= 4 is 21.6 Å². The second kappa shape index (κ2) is 10.0. The van der Waals surface area contributed by atoms with Crippen molar-refractivity contribution < 1.29 is 13.2 Å². The van der Waals surface area contributed by atoms with Crippen molar-refractivity contribution in [3.63, 3.8) is 0 Å². The summed E-state index contributed by atoms with van der Waals surface area (Å²) in [6.45, 7) is 6.28. The molecular weight excluding hydrogens is 422 g/mol. The molecule has 2 aliphatic rings. The molecule has 32 heavy (non-hydrogen) atoms. The quantitative estimate of drug-likeness (QED) is 0.711. The number of anilines is 1. The largest absolute Gasteiger partial charge is 0.336 e. The lowest BCUT2D eigenvalue weighted by molar-refractivity contribution is 0.0606. The Morgan fingerprint density at radius 2 is 1.59 bits per heavy atom. The molecule has 1 heterocycles. The Kier molecular flexibility index (Phi) is 7.16. The third kappa shape index (κ3) is 5.51. The first-order valence-electron chi connectivity index (χ1n) is 11.6. The number of benzene rings is 2. The first kappa shape index (κ1) is 22.8. The van der Waals surface area contributed by atoms with E-state index in [4.69, 9.17) is 0 Å². The number of hydrogen-bond acceptors (Lipinski definition) is 4. The third-order valence-electron chi connectivity index (χ3n) is 6.70. The number of aryl methyl sites for hydroxylation is 1. The molecule has 0 aromatic heterocycles. The highest BCUT2D eigenvalue weighted by Gasteiger charge is 2.25. The van der Waals surface area contributed by atoms with Gasteiger partial charge in [-0.1, -0.05) is 37.5 Å². The van der Waals surface area contributed by atoms with Crippen LogP contribution in [0.1, 0.15) is 48.0 Å². The van der Waals surface area contributed by atoms with Gasteiger partial charge in [-0.05, 0) is 61.6 Å². The minimum atomic E-state index is -3.71. The van der Waals surface area contributed by atoms with Gasteiger partial charge in [0.2, 0.25) is 0 Å². The Hall–Kier alpha value is -2.38. The number of hydrogen-bond donors (Lipinski definition) is 1. The van der Waals surface area contributed by atoms with Crippen molar-refractivity contribution in [1.82, 2.24) is 9.80 Å². The van der Waals surface area contributed by atoms with Crippen LogP contribution >= 0.6 is 0 Å². The average molecular weight is 456 g/mol. The zero-order valence-corrected chi connectivity index (χ0v) is 19.6. The van der Waals surface area contributed by atoms with Gasteiger partial charge in [0, 0.05) is 38.3 Å². The Bertz CT molecular complexity index is 1020. The average Bonchev–Trinajstić information content (AvgIpc) is 2.81. The molecule has 1 saturated heterocycles. The molecular formula is C25H33N3O3S. The van der Waals surface area contributed by atoms with E-state index in [9.17, 15) is 13.2 Å². The molecule has 2 fully saturated rings. The van der Waals surface area contributed by atoms with E-state index in [1.54, 1.807) is 24.3 Å². The number of para-hydroxylation sites is 1. The van der Waals surface area contributed by atoms with E-state index in [1.165, 1.54) is 44.2 Å². The van der Waals surface area contributed by atoms with Gasteiger partial charge in [-0.3, -0.25) is 14.4 Å². The lowest BCUT2D eigenvalue weighted by atomic mass is 9.89. The summed E-state index contributed by atoms with van der Waals surface area (Å²) in [5.41, 5.74) is 1.94. The fourth-order valence-corrected chi connectivity index (χ4v) is 5.85. The van der Waals surface area contributed by atoms with Crippen LogP contribution in [-0.4, -0.2) is 56.8 Å². The number of rotatable bonds is 6. The molecule has 6 nitrogen and oxygen atoms in total. The van der Waals surface area contributed by atoms with Gasteiger partial charge >= 0.3 is 0 Å². The Morgan fingerprint density at radius 1 is 0.938 bits per heavy atom. The topological polar surface area (TPSA) is 69.7 Å². The molecule has 7 heteroatoms. The summed E-state index contributed by atoms with van der Waals surface area (Å²) in [6.07, 6.45) is 6.77. The molecule has 0 radical (unpaired) electrons. The first-order valence-corrected chi connectivity index (χ1v) is 13.1. The number of nitrogens with zero attached hydrogens (tertiary/aromatic N) is 2. The van der Waals surface area contributed by atoms with E-state index in [0.717, 1.165) is 44.2 Å². The first-order chi connectivity index (χ1) is 15.4. The van der Waals surface area contributed by atoms with Crippen LogP contribution in [0, 0.1) is 12.8 Å². The molecule has 1 N–H and O–H groups in total. The highest BCUT2D eigenvalue weighted by molar-refractivity contribution is 7.92. The fraction of sp³-hybridized carbons (Fsp3) is 0.480. The second-order valence-electron chi connectivity index (χ2n) is 9.04. The Balaban J connectivity index is 1.33. The van der Waals surface area contributed by atoms with Gasteiger partial charge in [0.15, 0.2) is 0 Å². The summed E-state index contributed by atoms with van der Waals surface area (Å²) in [7, 11) is -3.71. The third-order valence-corrected chi connectivity index (χ3v) is 8.08. The van der Waals surface area contributed by atoms with Crippen LogP contribution in [0.3, 0.4) is 0 Å². The maximum atomic E-state index is 12.9. The maximum absolute atomic E-state index is 12.9. The number of carbonyl (C=O) groups is 1. The number of nitrogens with one attached hydrogen (secondary N) is 1. The molecule has 0 unspecified atom stereocenters. The molecule has 0 spiro atoms. The summed E-state index contributed by atoms with van der Waals surface area (Å²) in [5, 5.41) is 0. The molecule has 2 aromatic rings. The van der Waals surface area contributed by atoms with E-state index < -0.39 is 10.0 Å². The van der Waals surface area contributed by atoms with Crippen LogP contribution in [0.15, 0.2) is 53.4 Å². The van der Waals surface area contributed by atoms with Gasteiger partial charge in [0.25, 0.3) is 15.9 Å². The molecule has 1 amide bonds. The minimum absolute atomic E-state index is 0.0295. The normalized spacial score (nSPS) is 18.5. The Morgan fingerprint density at radius 3 is 2.25 bits per heavy atom. The smallest absolute Gasteiger partial charge is 0.261 e. The SMILES string of the molecule is Cc1ccccc1NS(=O)(=O)c1ccc(C(=O)N2CCN(CC3CCCCC3)CC2)cc1.